The third kappa shape index (κ3) is 7.43. The zero-order chi connectivity index (χ0) is 31.5. The van der Waals surface area contributed by atoms with E-state index < -0.39 is 0 Å². The predicted molar refractivity (Wildman–Crippen MR) is 191 cm³/mol. The van der Waals surface area contributed by atoms with Crippen molar-refractivity contribution in [3.05, 3.63) is 70.8 Å². The van der Waals surface area contributed by atoms with E-state index in [0.29, 0.717) is 0 Å². The van der Waals surface area contributed by atoms with E-state index in [-0.39, 0.29) is 5.41 Å². The largest absolute Gasteiger partial charge is 0.331 e. The number of unbranched alkanes of at least 4 members (excludes halogenated alkanes) is 6. The highest BCUT2D eigenvalue weighted by molar-refractivity contribution is 7.00. The van der Waals surface area contributed by atoms with Gasteiger partial charge < -0.3 is 8.97 Å². The van der Waals surface area contributed by atoms with Gasteiger partial charge in [-0.05, 0) is 91.8 Å². The predicted octanol–water partition coefficient (Wildman–Crippen LogP) is 9.56. The Balaban J connectivity index is 1.48. The van der Waals surface area contributed by atoms with E-state index in [1.54, 1.807) is 11.1 Å². The molecule has 0 radical (unpaired) electrons. The summed E-state index contributed by atoms with van der Waals surface area (Å²) in [7, 11) is 13.9. The van der Waals surface area contributed by atoms with Gasteiger partial charge in [-0.2, -0.15) is 8.75 Å². The van der Waals surface area contributed by atoms with Crippen molar-refractivity contribution in [1.82, 2.24) is 8.75 Å². The summed E-state index contributed by atoms with van der Waals surface area (Å²) in [6.07, 6.45) is 12.9. The maximum absolute atomic E-state index is 4.76. The van der Waals surface area contributed by atoms with Crippen LogP contribution in [0.4, 0.5) is 0 Å². The van der Waals surface area contributed by atoms with E-state index >= 15 is 0 Å². The first-order valence-electron chi connectivity index (χ1n) is 17.0. The van der Waals surface area contributed by atoms with Crippen molar-refractivity contribution in [2.75, 3.05) is 55.4 Å². The number of quaternary nitrogens is 2. The van der Waals surface area contributed by atoms with Crippen LogP contribution in [0, 0.1) is 13.8 Å². The fourth-order valence-electron chi connectivity index (χ4n) is 7.40. The number of aromatic nitrogens is 2. The maximum atomic E-state index is 4.76. The van der Waals surface area contributed by atoms with Crippen LogP contribution in [0.1, 0.15) is 86.5 Å². The van der Waals surface area contributed by atoms with Crippen molar-refractivity contribution in [2.45, 2.75) is 83.5 Å². The molecule has 0 unspecified atom stereocenters. The van der Waals surface area contributed by atoms with Crippen LogP contribution in [0.3, 0.4) is 0 Å². The Bertz CT molecular complexity index is 1540. The Hall–Kier alpha value is -2.60. The van der Waals surface area contributed by atoms with Crippen LogP contribution in [-0.2, 0) is 5.41 Å². The molecule has 236 valence electrons. The molecule has 1 aliphatic rings. The minimum Gasteiger partial charge on any atom is -0.331 e. The summed E-state index contributed by atoms with van der Waals surface area (Å²) < 4.78 is 11.5. The molecule has 0 atom stereocenters. The first kappa shape index (κ1) is 32.8. The second kappa shape index (κ2) is 13.4. The van der Waals surface area contributed by atoms with Crippen LogP contribution in [-0.4, -0.2) is 73.1 Å². The molecule has 1 heterocycles. The summed E-state index contributed by atoms with van der Waals surface area (Å²) in [6, 6.07) is 19.0. The fourth-order valence-corrected chi connectivity index (χ4v) is 8.02. The van der Waals surface area contributed by atoms with E-state index in [2.05, 4.69) is 109 Å². The molecule has 0 saturated heterocycles. The van der Waals surface area contributed by atoms with E-state index in [1.807, 2.05) is 0 Å². The van der Waals surface area contributed by atoms with Gasteiger partial charge in [0.2, 0.25) is 0 Å². The lowest BCUT2D eigenvalue weighted by molar-refractivity contribution is -0.870. The quantitative estimate of drug-likeness (QED) is 0.0987. The van der Waals surface area contributed by atoms with Gasteiger partial charge in [0.15, 0.2) is 0 Å². The molecule has 0 bridgehead atoms. The highest BCUT2D eigenvalue weighted by atomic mass is 32.1. The number of hydrogen-bond donors (Lipinski definition) is 0. The van der Waals surface area contributed by atoms with Gasteiger partial charge in [-0.25, -0.2) is 0 Å². The van der Waals surface area contributed by atoms with Crippen LogP contribution < -0.4 is 0 Å². The average molecular weight is 613 g/mol. The van der Waals surface area contributed by atoms with Crippen molar-refractivity contribution in [2.24, 2.45) is 0 Å². The monoisotopic (exact) mass is 612 g/mol. The van der Waals surface area contributed by atoms with E-state index in [0.717, 1.165) is 20.0 Å². The van der Waals surface area contributed by atoms with Crippen molar-refractivity contribution >= 4 is 22.8 Å². The second-order valence-corrected chi connectivity index (χ2v) is 16.2. The lowest BCUT2D eigenvalue weighted by Crippen LogP contribution is -2.35. The molecule has 5 heteroatoms. The number of rotatable bonds is 15. The Morgan fingerprint density at radius 3 is 1.70 bits per heavy atom. The third-order valence-electron chi connectivity index (χ3n) is 9.81. The van der Waals surface area contributed by atoms with Gasteiger partial charge in [0.25, 0.3) is 0 Å². The highest BCUT2D eigenvalue weighted by Crippen LogP contribution is 2.55. The van der Waals surface area contributed by atoms with Gasteiger partial charge >= 0.3 is 0 Å². The van der Waals surface area contributed by atoms with Crippen LogP contribution in [0.25, 0.3) is 33.3 Å². The number of fused-ring (bicyclic) bond motifs is 4. The summed E-state index contributed by atoms with van der Waals surface area (Å²) in [5.41, 5.74) is 13.2. The van der Waals surface area contributed by atoms with Crippen molar-refractivity contribution in [3.63, 3.8) is 0 Å². The smallest absolute Gasteiger partial charge is 0.112 e. The van der Waals surface area contributed by atoms with E-state index in [9.17, 15) is 0 Å². The molecule has 0 aliphatic heterocycles. The van der Waals surface area contributed by atoms with Crippen LogP contribution in [0.2, 0.25) is 0 Å². The van der Waals surface area contributed by atoms with Gasteiger partial charge in [-0.3, -0.25) is 0 Å². The molecule has 4 nitrogen and oxygen atoms in total. The Kier molecular flexibility index (Phi) is 9.99. The van der Waals surface area contributed by atoms with Gasteiger partial charge in [-0.1, -0.05) is 73.7 Å². The standard InChI is InChI=1S/C39H56N4S/c1-29-17-20-33-34-22-19-31(32-21-18-30(2)37-38(32)41-44-40-37)28-36(34)39(35(33)27-29,23-13-9-11-15-25-42(3,4)5)24-14-10-12-16-26-43(6,7)8/h17-22,27-28H,9-16,23-26H2,1-8H3/q+2. The summed E-state index contributed by atoms with van der Waals surface area (Å²) in [4.78, 5) is 0. The SMILES string of the molecule is Cc1ccc2c(c1)C(CCCCCC[N+](C)(C)C)(CCCCCC[N+](C)(C)C)c1cc(-c3ccc(C)c4nsnc34)ccc1-2. The van der Waals surface area contributed by atoms with Crippen molar-refractivity contribution in [1.29, 1.82) is 0 Å². The fraction of sp³-hybridized carbons (Fsp3) is 0.538. The molecule has 0 amide bonds. The van der Waals surface area contributed by atoms with Crippen LogP contribution >= 0.6 is 11.7 Å². The Morgan fingerprint density at radius 2 is 1.09 bits per heavy atom. The number of benzene rings is 3. The molecule has 0 spiro atoms. The van der Waals surface area contributed by atoms with Gasteiger partial charge in [-0.15, -0.1) is 0 Å². The van der Waals surface area contributed by atoms with Gasteiger partial charge in [0.05, 0.1) is 67.1 Å². The zero-order valence-electron chi connectivity index (χ0n) is 28.8. The summed E-state index contributed by atoms with van der Waals surface area (Å²) in [6.45, 7) is 6.92. The number of hydrogen-bond acceptors (Lipinski definition) is 3. The number of aryl methyl sites for hydroxylation is 2. The molecule has 4 aromatic rings. The lowest BCUT2D eigenvalue weighted by Gasteiger charge is -2.33. The van der Waals surface area contributed by atoms with Gasteiger partial charge in [0.1, 0.15) is 11.0 Å². The highest BCUT2D eigenvalue weighted by Gasteiger charge is 2.42. The Morgan fingerprint density at radius 1 is 0.568 bits per heavy atom. The molecular formula is C39H56N4S+2. The van der Waals surface area contributed by atoms with Gasteiger partial charge in [0, 0.05) is 11.0 Å². The first-order chi connectivity index (χ1) is 20.9. The first-order valence-corrected chi connectivity index (χ1v) is 17.7. The second-order valence-electron chi connectivity index (χ2n) is 15.6. The number of nitrogens with zero attached hydrogens (tertiary/aromatic N) is 4. The molecule has 0 saturated carbocycles. The summed E-state index contributed by atoms with van der Waals surface area (Å²) >= 11 is 1.33. The zero-order valence-corrected chi connectivity index (χ0v) is 29.6. The van der Waals surface area contributed by atoms with Crippen molar-refractivity contribution in [3.8, 4) is 22.3 Å². The van der Waals surface area contributed by atoms with E-state index in [1.165, 1.54) is 122 Å². The topological polar surface area (TPSA) is 25.8 Å². The third-order valence-corrected chi connectivity index (χ3v) is 10.3. The molecule has 1 aromatic heterocycles. The molecule has 5 rings (SSSR count). The summed E-state index contributed by atoms with van der Waals surface area (Å²) in [5, 5.41) is 0. The summed E-state index contributed by atoms with van der Waals surface area (Å²) in [5.74, 6) is 0. The normalized spacial score (nSPS) is 14.3. The maximum Gasteiger partial charge on any atom is 0.112 e. The molecule has 3 aromatic carbocycles. The molecule has 44 heavy (non-hydrogen) atoms. The molecule has 1 aliphatic carbocycles. The Labute approximate surface area is 271 Å². The molecule has 0 N–H and O–H groups in total. The van der Waals surface area contributed by atoms with Crippen LogP contribution in [0.5, 0.6) is 0 Å². The molecular weight excluding hydrogens is 557 g/mol. The lowest BCUT2D eigenvalue weighted by atomic mass is 9.70. The average Bonchev–Trinajstić information content (AvgIpc) is 3.54. The minimum atomic E-state index is 0.0665. The van der Waals surface area contributed by atoms with Crippen LogP contribution in [0.15, 0.2) is 48.5 Å². The van der Waals surface area contributed by atoms with Crippen molar-refractivity contribution < 1.29 is 8.97 Å². The van der Waals surface area contributed by atoms with E-state index in [4.69, 9.17) is 4.37 Å². The molecule has 0 fully saturated rings. The minimum absolute atomic E-state index is 0.0665.